The average molecular weight is 300 g/mol. The molecule has 3 heteroatoms. The number of aliphatic imine (C=N–C) groups is 1. The second-order valence-electron chi connectivity index (χ2n) is 4.46. The van der Waals surface area contributed by atoms with Crippen molar-refractivity contribution in [1.29, 1.82) is 0 Å². The lowest BCUT2D eigenvalue weighted by molar-refractivity contribution is 1.55. The minimum absolute atomic E-state index is 0.599. The molecule has 0 radical (unpaired) electrons. The Labute approximate surface area is 127 Å². The summed E-state index contributed by atoms with van der Waals surface area (Å²) < 4.78 is 0. The molecule has 0 saturated heterocycles. The third-order valence-corrected chi connectivity index (χ3v) is 3.61. The molecule has 0 N–H and O–H groups in total. The molecular weight excluding hydrogens is 289 g/mol. The quantitative estimate of drug-likeness (QED) is 0.523. The number of halogens is 2. The second-order valence-corrected chi connectivity index (χ2v) is 5.30. The molecule has 1 nitrogen and oxygen atoms in total. The van der Waals surface area contributed by atoms with E-state index in [1.807, 2.05) is 24.3 Å². The van der Waals surface area contributed by atoms with E-state index in [-0.39, 0.29) is 0 Å². The first-order chi connectivity index (χ1) is 9.72. The number of hydrogen-bond donors (Lipinski definition) is 0. The zero-order chi connectivity index (χ0) is 13.9. The summed E-state index contributed by atoms with van der Waals surface area (Å²) in [6, 6.07) is 19.7. The molecule has 0 saturated carbocycles. The molecule has 0 aliphatic carbocycles. The van der Waals surface area contributed by atoms with Crippen LogP contribution in [0.3, 0.4) is 0 Å². The van der Waals surface area contributed by atoms with Gasteiger partial charge in [-0.15, -0.1) is 0 Å². The molecule has 0 unspecified atom stereocenters. The summed E-state index contributed by atoms with van der Waals surface area (Å²) in [5.41, 5.74) is 1.75. The molecule has 3 aromatic carbocycles. The third-order valence-electron chi connectivity index (χ3n) is 3.05. The number of rotatable bonds is 2. The van der Waals surface area contributed by atoms with Gasteiger partial charge in [0.1, 0.15) is 0 Å². The van der Waals surface area contributed by atoms with Gasteiger partial charge in [0, 0.05) is 16.8 Å². The van der Waals surface area contributed by atoms with Crippen LogP contribution in [0.5, 0.6) is 0 Å². The van der Waals surface area contributed by atoms with Gasteiger partial charge >= 0.3 is 0 Å². The van der Waals surface area contributed by atoms with E-state index < -0.39 is 0 Å². The molecule has 0 bridgehead atoms. The minimum Gasteiger partial charge on any atom is -0.256 e. The van der Waals surface area contributed by atoms with Crippen molar-refractivity contribution in [3.63, 3.8) is 0 Å². The van der Waals surface area contributed by atoms with E-state index in [9.17, 15) is 0 Å². The Kier molecular flexibility index (Phi) is 3.72. The highest BCUT2D eigenvalue weighted by Crippen LogP contribution is 2.23. The SMILES string of the molecule is Clc1ccc(C=Nc2ccc3ccccc3c2)c(Cl)c1. The van der Waals surface area contributed by atoms with E-state index in [1.165, 1.54) is 10.8 Å². The lowest BCUT2D eigenvalue weighted by Gasteiger charge is -2.00. The Hall–Kier alpha value is -1.83. The van der Waals surface area contributed by atoms with E-state index in [0.717, 1.165) is 11.3 Å². The van der Waals surface area contributed by atoms with Crippen LogP contribution in [0.25, 0.3) is 10.8 Å². The van der Waals surface area contributed by atoms with Gasteiger partial charge in [0.15, 0.2) is 0 Å². The molecule has 0 heterocycles. The minimum atomic E-state index is 0.599. The molecule has 0 spiro atoms. The lowest BCUT2D eigenvalue weighted by atomic mass is 10.1. The number of hydrogen-bond acceptors (Lipinski definition) is 1. The van der Waals surface area contributed by atoms with Crippen LogP contribution >= 0.6 is 23.2 Å². The van der Waals surface area contributed by atoms with Crippen LogP contribution in [0, 0.1) is 0 Å². The molecule has 20 heavy (non-hydrogen) atoms. The van der Waals surface area contributed by atoms with Gasteiger partial charge in [-0.1, -0.05) is 59.6 Å². The maximum atomic E-state index is 6.12. The fourth-order valence-corrected chi connectivity index (χ4v) is 2.46. The molecule has 0 aliphatic heterocycles. The largest absolute Gasteiger partial charge is 0.256 e. The average Bonchev–Trinajstić information content (AvgIpc) is 2.46. The summed E-state index contributed by atoms with van der Waals surface area (Å²) in [7, 11) is 0. The number of nitrogens with zero attached hydrogens (tertiary/aromatic N) is 1. The first-order valence-corrected chi connectivity index (χ1v) is 6.96. The molecular formula is C17H11Cl2N. The van der Waals surface area contributed by atoms with Gasteiger partial charge in [-0.2, -0.15) is 0 Å². The number of benzene rings is 3. The highest BCUT2D eigenvalue weighted by Gasteiger charge is 1.99. The molecule has 0 atom stereocenters. The molecule has 0 amide bonds. The number of fused-ring (bicyclic) bond motifs is 1. The van der Waals surface area contributed by atoms with Crippen molar-refractivity contribution in [2.45, 2.75) is 0 Å². The summed E-state index contributed by atoms with van der Waals surface area (Å²) in [6.07, 6.45) is 1.75. The van der Waals surface area contributed by atoms with Crippen molar-refractivity contribution in [1.82, 2.24) is 0 Å². The van der Waals surface area contributed by atoms with Gasteiger partial charge in [-0.25, -0.2) is 0 Å². The molecule has 98 valence electrons. The Bertz CT molecular complexity index is 794. The first-order valence-electron chi connectivity index (χ1n) is 6.20. The standard InChI is InChI=1S/C17H11Cl2N/c18-15-7-5-14(17(19)10-15)11-20-16-8-6-12-3-1-2-4-13(12)9-16/h1-11H. The van der Waals surface area contributed by atoms with Gasteiger partial charge in [0.05, 0.1) is 10.7 Å². The fraction of sp³-hybridized carbons (Fsp3) is 0. The van der Waals surface area contributed by atoms with Crippen molar-refractivity contribution in [3.8, 4) is 0 Å². The normalized spacial score (nSPS) is 11.3. The van der Waals surface area contributed by atoms with Gasteiger partial charge < -0.3 is 0 Å². The maximum Gasteiger partial charge on any atom is 0.0636 e. The third kappa shape index (κ3) is 2.84. The highest BCUT2D eigenvalue weighted by molar-refractivity contribution is 6.36. The molecule has 0 aliphatic rings. The molecule has 3 rings (SSSR count). The van der Waals surface area contributed by atoms with Gasteiger partial charge in [-0.3, -0.25) is 4.99 Å². The summed E-state index contributed by atoms with van der Waals surface area (Å²) in [5, 5.41) is 3.60. The van der Waals surface area contributed by atoms with E-state index in [2.05, 4.69) is 29.3 Å². The van der Waals surface area contributed by atoms with Gasteiger partial charge in [0.25, 0.3) is 0 Å². The van der Waals surface area contributed by atoms with Crippen LogP contribution in [0.15, 0.2) is 65.7 Å². The first kappa shape index (κ1) is 13.2. The van der Waals surface area contributed by atoms with Crippen LogP contribution in [0.1, 0.15) is 5.56 Å². The van der Waals surface area contributed by atoms with Crippen molar-refractivity contribution in [3.05, 3.63) is 76.3 Å². The molecule has 3 aromatic rings. The monoisotopic (exact) mass is 299 g/mol. The van der Waals surface area contributed by atoms with Crippen molar-refractivity contribution < 1.29 is 0 Å². The Morgan fingerprint density at radius 2 is 1.60 bits per heavy atom. The maximum absolute atomic E-state index is 6.12. The van der Waals surface area contributed by atoms with Crippen LogP contribution in [0.4, 0.5) is 5.69 Å². The van der Waals surface area contributed by atoms with Crippen LogP contribution in [-0.2, 0) is 0 Å². The summed E-state index contributed by atoms with van der Waals surface area (Å²) in [6.45, 7) is 0. The van der Waals surface area contributed by atoms with Crippen LogP contribution in [-0.4, -0.2) is 6.21 Å². The lowest BCUT2D eigenvalue weighted by Crippen LogP contribution is -1.82. The van der Waals surface area contributed by atoms with Gasteiger partial charge in [-0.05, 0) is 35.0 Å². The second kappa shape index (κ2) is 5.66. The predicted octanol–water partition coefficient (Wildman–Crippen LogP) is 5.90. The Morgan fingerprint density at radius 1 is 0.800 bits per heavy atom. The predicted molar refractivity (Wildman–Crippen MR) is 87.7 cm³/mol. The summed E-state index contributed by atoms with van der Waals surface area (Å²) >= 11 is 12.0. The molecule has 0 fully saturated rings. The van der Waals surface area contributed by atoms with Crippen molar-refractivity contribution in [2.24, 2.45) is 4.99 Å². The molecule has 0 aromatic heterocycles. The zero-order valence-electron chi connectivity index (χ0n) is 10.6. The van der Waals surface area contributed by atoms with Crippen molar-refractivity contribution >= 4 is 45.9 Å². The van der Waals surface area contributed by atoms with E-state index >= 15 is 0 Å². The fourth-order valence-electron chi connectivity index (χ4n) is 2.01. The van der Waals surface area contributed by atoms with Crippen molar-refractivity contribution in [2.75, 3.05) is 0 Å². The zero-order valence-corrected chi connectivity index (χ0v) is 12.1. The van der Waals surface area contributed by atoms with Gasteiger partial charge in [0.2, 0.25) is 0 Å². The van der Waals surface area contributed by atoms with E-state index in [0.29, 0.717) is 10.0 Å². The smallest absolute Gasteiger partial charge is 0.0636 e. The van der Waals surface area contributed by atoms with E-state index in [1.54, 1.807) is 18.3 Å². The Morgan fingerprint density at radius 3 is 2.40 bits per heavy atom. The van der Waals surface area contributed by atoms with Crippen LogP contribution < -0.4 is 0 Å². The summed E-state index contributed by atoms with van der Waals surface area (Å²) in [4.78, 5) is 4.46. The van der Waals surface area contributed by atoms with E-state index in [4.69, 9.17) is 23.2 Å². The van der Waals surface area contributed by atoms with Crippen LogP contribution in [0.2, 0.25) is 10.0 Å². The Balaban J connectivity index is 1.93. The summed E-state index contributed by atoms with van der Waals surface area (Å²) in [5.74, 6) is 0. The topological polar surface area (TPSA) is 12.4 Å². The highest BCUT2D eigenvalue weighted by atomic mass is 35.5.